The number of benzene rings is 3. The predicted molar refractivity (Wildman–Crippen MR) is 159 cm³/mol. The molecule has 12 nitrogen and oxygen atoms in total. The van der Waals surface area contributed by atoms with E-state index >= 15 is 0 Å². The zero-order valence-electron chi connectivity index (χ0n) is 24.1. The van der Waals surface area contributed by atoms with Crippen molar-refractivity contribution in [3.8, 4) is 17.2 Å². The van der Waals surface area contributed by atoms with Crippen molar-refractivity contribution >= 4 is 23.3 Å². The van der Waals surface area contributed by atoms with Crippen molar-refractivity contribution in [2.75, 3.05) is 31.2 Å². The van der Waals surface area contributed by atoms with Crippen LogP contribution in [0.5, 0.6) is 17.2 Å². The Morgan fingerprint density at radius 1 is 1.05 bits per heavy atom. The van der Waals surface area contributed by atoms with Gasteiger partial charge < -0.3 is 40.8 Å². The van der Waals surface area contributed by atoms with E-state index in [1.807, 2.05) is 72.8 Å². The van der Waals surface area contributed by atoms with Gasteiger partial charge in [-0.15, -0.1) is 0 Å². The first-order valence-corrected chi connectivity index (χ1v) is 14.2. The number of hydrogen-bond acceptors (Lipinski definition) is 8. The number of carboxylic acids is 1. The molecule has 0 radical (unpaired) electrons. The van der Waals surface area contributed by atoms with Gasteiger partial charge in [0.1, 0.15) is 12.4 Å². The molecule has 1 heterocycles. The minimum Gasteiger partial charge on any atom is -0.825 e. The lowest BCUT2D eigenvalue weighted by molar-refractivity contribution is -0.946. The van der Waals surface area contributed by atoms with Gasteiger partial charge >= 0.3 is 5.97 Å². The monoisotopic (exact) mass is 593 g/mol. The molecule has 7 N–H and O–H groups in total. The molecule has 12 heteroatoms. The second kappa shape index (κ2) is 15.8. The van der Waals surface area contributed by atoms with Gasteiger partial charge in [0.15, 0.2) is 17.5 Å². The van der Waals surface area contributed by atoms with Gasteiger partial charge in [-0.1, -0.05) is 36.4 Å². The Labute approximate surface area is 250 Å². The molecule has 1 aliphatic rings. The summed E-state index contributed by atoms with van der Waals surface area (Å²) in [7, 11) is 0. The van der Waals surface area contributed by atoms with Crippen molar-refractivity contribution in [3.05, 3.63) is 78.4 Å². The van der Waals surface area contributed by atoms with E-state index in [0.29, 0.717) is 38.3 Å². The largest absolute Gasteiger partial charge is 0.825 e. The summed E-state index contributed by atoms with van der Waals surface area (Å²) in [5.74, 6) is 1.14. The molecule has 0 amide bonds. The van der Waals surface area contributed by atoms with Crippen LogP contribution < -0.4 is 36.4 Å². The fourth-order valence-electron chi connectivity index (χ4n) is 4.71. The Morgan fingerprint density at radius 2 is 1.70 bits per heavy atom. The van der Waals surface area contributed by atoms with E-state index in [0.717, 1.165) is 33.9 Å². The highest BCUT2D eigenvalue weighted by Gasteiger charge is 2.25. The smallest absolute Gasteiger partial charge is 0.365 e. The zero-order valence-corrected chi connectivity index (χ0v) is 24.1. The molecule has 0 spiro atoms. The summed E-state index contributed by atoms with van der Waals surface area (Å²) in [6.45, 7) is 3.44. The van der Waals surface area contributed by atoms with Crippen molar-refractivity contribution in [2.24, 2.45) is 16.5 Å². The maximum absolute atomic E-state index is 12.8. The standard InChI is InChI=1S/C31H38N5O7/c1-2-40-28(30(39)43-35-23(29(37)38)8-7-17-34-31(32)33)20-21-13-15-22(16-14-21)41-19-18-36-24-9-3-5-11-26(24)42-27-12-6-4-10-25(27)36/h3-6,9-16,23,28,30,35H,2,7-8,17-20H2,1H3,(H,37,38)(H4,32,33,34)/q-1/p+1/t23?,28-,30?/m0/s1. The number of nitrogens with two attached hydrogens (primary N) is 3. The van der Waals surface area contributed by atoms with Crippen LogP contribution in [0.3, 0.4) is 0 Å². The van der Waals surface area contributed by atoms with E-state index < -0.39 is 24.4 Å². The first-order valence-electron chi connectivity index (χ1n) is 14.2. The van der Waals surface area contributed by atoms with Crippen LogP contribution in [0, 0.1) is 0 Å². The molecule has 0 saturated heterocycles. The van der Waals surface area contributed by atoms with Gasteiger partial charge in [0.05, 0.1) is 30.3 Å². The SMILES string of the molecule is CCO[C@@H](Cc1ccc(OCCN2c3ccccc3Oc3ccccc32)cc1)C([O-])O[NH2+]C(CCCN=C(N)N)C(=O)O. The second-order valence-electron chi connectivity index (χ2n) is 9.91. The van der Waals surface area contributed by atoms with E-state index in [1.165, 1.54) is 0 Å². The number of para-hydroxylation sites is 4. The molecule has 0 bridgehead atoms. The highest BCUT2D eigenvalue weighted by Crippen LogP contribution is 2.45. The number of hydrogen-bond donors (Lipinski definition) is 4. The third-order valence-electron chi connectivity index (χ3n) is 6.82. The van der Waals surface area contributed by atoms with Crippen LogP contribution in [0.15, 0.2) is 77.8 Å². The maximum Gasteiger partial charge on any atom is 0.365 e. The number of anilines is 2. The molecule has 0 saturated carbocycles. The Bertz CT molecular complexity index is 1300. The highest BCUT2D eigenvalue weighted by atomic mass is 16.7. The molecule has 0 fully saturated rings. The van der Waals surface area contributed by atoms with E-state index in [9.17, 15) is 15.0 Å². The molecule has 0 aliphatic carbocycles. The maximum atomic E-state index is 12.8. The topological polar surface area (TPSA) is 182 Å². The number of aliphatic imine (C=N–C) groups is 1. The van der Waals surface area contributed by atoms with Crippen molar-refractivity contribution in [2.45, 2.75) is 44.6 Å². The van der Waals surface area contributed by atoms with Gasteiger partial charge in [-0.2, -0.15) is 5.48 Å². The number of rotatable bonds is 17. The lowest BCUT2D eigenvalue weighted by atomic mass is 10.1. The summed E-state index contributed by atoms with van der Waals surface area (Å²) in [6, 6.07) is 22.3. The molecule has 43 heavy (non-hydrogen) atoms. The number of aliphatic carboxylic acids is 1. The number of fused-ring (bicyclic) bond motifs is 2. The first kappa shape index (κ1) is 31.6. The average Bonchev–Trinajstić information content (AvgIpc) is 3.00. The van der Waals surface area contributed by atoms with Crippen molar-refractivity contribution in [3.63, 3.8) is 0 Å². The Morgan fingerprint density at radius 3 is 2.30 bits per heavy atom. The fraction of sp³-hybridized carbons (Fsp3) is 0.355. The van der Waals surface area contributed by atoms with Gasteiger partial charge in [0, 0.05) is 26.0 Å². The van der Waals surface area contributed by atoms with E-state index in [1.54, 1.807) is 6.92 Å². The molecular formula is C31H39N5O7. The second-order valence-corrected chi connectivity index (χ2v) is 9.91. The predicted octanol–water partition coefficient (Wildman–Crippen LogP) is 1.65. The molecule has 0 aromatic heterocycles. The van der Waals surface area contributed by atoms with Crippen LogP contribution in [0.4, 0.5) is 11.4 Å². The van der Waals surface area contributed by atoms with Gasteiger partial charge in [0.2, 0.25) is 6.04 Å². The molecule has 3 aromatic rings. The van der Waals surface area contributed by atoms with Crippen LogP contribution in [0.1, 0.15) is 25.3 Å². The number of nitrogens with zero attached hydrogens (tertiary/aromatic N) is 2. The van der Waals surface area contributed by atoms with Crippen molar-refractivity contribution in [1.29, 1.82) is 0 Å². The van der Waals surface area contributed by atoms with E-state index in [-0.39, 0.29) is 18.9 Å². The lowest BCUT2D eigenvalue weighted by Gasteiger charge is -2.32. The average molecular weight is 594 g/mol. The van der Waals surface area contributed by atoms with E-state index in [4.69, 9.17) is 30.5 Å². The summed E-state index contributed by atoms with van der Waals surface area (Å²) >= 11 is 0. The summed E-state index contributed by atoms with van der Waals surface area (Å²) in [5, 5.41) is 22.3. The van der Waals surface area contributed by atoms with Gasteiger partial charge in [-0.3, -0.25) is 4.99 Å². The third kappa shape index (κ3) is 9.06. The van der Waals surface area contributed by atoms with Gasteiger partial charge in [0.25, 0.3) is 0 Å². The number of carbonyl (C=O) groups is 1. The summed E-state index contributed by atoms with van der Waals surface area (Å²) in [5.41, 5.74) is 14.5. The number of guanidine groups is 1. The normalized spacial score (nSPS) is 14.0. The minimum absolute atomic E-state index is 0.0591. The number of ether oxygens (including phenoxy) is 3. The van der Waals surface area contributed by atoms with Gasteiger partial charge in [-0.25, -0.2) is 9.63 Å². The molecule has 3 aromatic carbocycles. The zero-order chi connectivity index (χ0) is 30.6. The van der Waals surface area contributed by atoms with Crippen LogP contribution in [0.2, 0.25) is 0 Å². The Balaban J connectivity index is 1.29. The van der Waals surface area contributed by atoms with Crippen LogP contribution in [0.25, 0.3) is 0 Å². The number of carboxylic acid groups (broad SMARTS) is 1. The highest BCUT2D eigenvalue weighted by molar-refractivity contribution is 5.77. The van der Waals surface area contributed by atoms with Gasteiger partial charge in [-0.05, 0) is 55.3 Å². The molecule has 230 valence electrons. The Hall–Kier alpha value is -4.36. The summed E-state index contributed by atoms with van der Waals surface area (Å²) in [6.07, 6.45) is -1.47. The lowest BCUT2D eigenvalue weighted by Crippen LogP contribution is -2.93. The summed E-state index contributed by atoms with van der Waals surface area (Å²) < 4.78 is 17.8. The molecular weight excluding hydrogens is 554 g/mol. The fourth-order valence-corrected chi connectivity index (χ4v) is 4.71. The van der Waals surface area contributed by atoms with Crippen LogP contribution in [-0.2, 0) is 20.8 Å². The van der Waals surface area contributed by atoms with Crippen molar-refractivity contribution in [1.82, 2.24) is 0 Å². The molecule has 2 unspecified atom stereocenters. The number of quaternary nitrogens is 1. The summed E-state index contributed by atoms with van der Waals surface area (Å²) in [4.78, 5) is 22.9. The minimum atomic E-state index is -1.60. The van der Waals surface area contributed by atoms with Crippen molar-refractivity contribution < 1.29 is 39.5 Å². The molecule has 3 atom stereocenters. The van der Waals surface area contributed by atoms with Crippen LogP contribution in [-0.4, -0.2) is 61.8 Å². The Kier molecular flexibility index (Phi) is 11.6. The van der Waals surface area contributed by atoms with Crippen LogP contribution >= 0.6 is 0 Å². The first-order chi connectivity index (χ1) is 20.9. The molecule has 4 rings (SSSR count). The molecule has 1 aliphatic heterocycles. The number of hydroxylamine groups is 1. The third-order valence-corrected chi connectivity index (χ3v) is 6.82. The van der Waals surface area contributed by atoms with E-state index in [2.05, 4.69) is 9.89 Å². The quantitative estimate of drug-likeness (QED) is 0.0590.